The van der Waals surface area contributed by atoms with Crippen molar-refractivity contribution in [3.63, 3.8) is 0 Å². The summed E-state index contributed by atoms with van der Waals surface area (Å²) in [7, 11) is -2.38. The number of anilines is 1. The van der Waals surface area contributed by atoms with Crippen LogP contribution >= 0.6 is 7.26 Å². The van der Waals surface area contributed by atoms with Crippen LogP contribution in [-0.2, 0) is 14.4 Å². The van der Waals surface area contributed by atoms with E-state index >= 15 is 0 Å². The van der Waals surface area contributed by atoms with Gasteiger partial charge in [0.1, 0.15) is 17.1 Å². The van der Waals surface area contributed by atoms with Gasteiger partial charge in [0.05, 0.1) is 5.92 Å². The molecule has 0 spiro atoms. The van der Waals surface area contributed by atoms with Crippen molar-refractivity contribution in [1.29, 1.82) is 0 Å². The summed E-state index contributed by atoms with van der Waals surface area (Å²) in [6.07, 6.45) is 3.84. The molecule has 0 saturated heterocycles. The molecule has 6 N–H and O–H groups in total. The summed E-state index contributed by atoms with van der Waals surface area (Å²) in [5, 5.41) is 40.0. The normalized spacial score (nSPS) is 21.2. The number of rotatable bonds is 11. The third-order valence-electron chi connectivity index (χ3n) is 11.8. The fourth-order valence-electron chi connectivity index (χ4n) is 9.19. The van der Waals surface area contributed by atoms with Gasteiger partial charge in [-0.2, -0.15) is 0 Å². The molecule has 0 radical (unpaired) electrons. The molecular weight excluding hydrogens is 699 g/mol. The van der Waals surface area contributed by atoms with Gasteiger partial charge < -0.3 is 15.9 Å². The first-order valence-corrected chi connectivity index (χ1v) is 20.8. The Bertz CT molecular complexity index is 2090. The predicted molar refractivity (Wildman–Crippen MR) is 213 cm³/mol. The molecule has 10 heteroatoms. The molecule has 3 unspecified atom stereocenters. The minimum atomic E-state index is -2.38. The number of carbonyl (C=O) groups is 4. The molecular formula is C44H45N2O7P. The number of aromatic hydroxyl groups is 1. The number of Topliss-reactive ketones (excluding diaryl/α,β-unsaturated/α-hetero) is 2. The van der Waals surface area contributed by atoms with Crippen LogP contribution in [0.1, 0.15) is 67.3 Å². The van der Waals surface area contributed by atoms with E-state index in [2.05, 4.69) is 78.1 Å². The molecule has 0 bridgehead atoms. The van der Waals surface area contributed by atoms with Crippen molar-refractivity contribution in [3.8, 4) is 5.75 Å². The van der Waals surface area contributed by atoms with Crippen LogP contribution in [0.25, 0.3) is 0 Å². The number of unbranched alkanes of at least 4 members (excludes halogenated alkanes) is 2. The van der Waals surface area contributed by atoms with E-state index in [0.29, 0.717) is 18.4 Å². The minimum absolute atomic E-state index is 0.00900. The average Bonchev–Trinajstić information content (AvgIpc) is 3.16. The van der Waals surface area contributed by atoms with E-state index in [1.54, 1.807) is 12.1 Å². The molecule has 4 aromatic rings. The van der Waals surface area contributed by atoms with E-state index in [9.17, 15) is 34.5 Å². The van der Waals surface area contributed by atoms with Gasteiger partial charge in [-0.15, -0.1) is 0 Å². The van der Waals surface area contributed by atoms with Crippen LogP contribution in [0.5, 0.6) is 5.75 Å². The molecule has 7 rings (SSSR count). The second-order valence-corrected chi connectivity index (χ2v) is 18.8. The Hall–Kier alpha value is -5.53. The number of phenolic OH excluding ortho intramolecular Hbond substituents is 1. The number of fused-ring (bicyclic) bond motifs is 3. The zero-order chi connectivity index (χ0) is 38.1. The van der Waals surface area contributed by atoms with Crippen molar-refractivity contribution in [3.05, 3.63) is 137 Å². The quantitative estimate of drug-likeness (QED) is 0.0524. The minimum Gasteiger partial charge on any atom is -0.511 e. The van der Waals surface area contributed by atoms with Gasteiger partial charge in [0.2, 0.25) is 0 Å². The molecule has 0 aromatic heterocycles. The summed E-state index contributed by atoms with van der Waals surface area (Å²) in [5.74, 6) is -6.61. The van der Waals surface area contributed by atoms with Gasteiger partial charge >= 0.3 is 224 Å². The van der Waals surface area contributed by atoms with Crippen molar-refractivity contribution < 1.29 is 34.5 Å². The summed E-state index contributed by atoms with van der Waals surface area (Å²) in [4.78, 5) is 52.4. The van der Waals surface area contributed by atoms with E-state index in [-0.39, 0.29) is 41.5 Å². The Labute approximate surface area is 315 Å². The number of nitrogens with two attached hydrogens (primary N) is 1. The number of aliphatic hydroxyl groups excluding tert-OH is 2. The molecule has 0 aliphatic heterocycles. The molecule has 4 atom stereocenters. The van der Waals surface area contributed by atoms with Crippen LogP contribution < -0.4 is 27.0 Å². The monoisotopic (exact) mass is 744 g/mol. The van der Waals surface area contributed by atoms with Gasteiger partial charge in [0.25, 0.3) is 5.91 Å². The number of phenols is 1. The van der Waals surface area contributed by atoms with E-state index in [4.69, 9.17) is 5.73 Å². The van der Waals surface area contributed by atoms with Gasteiger partial charge in [-0.05, 0) is 18.3 Å². The van der Waals surface area contributed by atoms with Crippen molar-refractivity contribution in [2.75, 3.05) is 11.5 Å². The van der Waals surface area contributed by atoms with Crippen LogP contribution in [0, 0.1) is 17.8 Å². The number of amides is 2. The first-order valence-electron chi connectivity index (χ1n) is 18.6. The first kappa shape index (κ1) is 36.8. The number of carbonyl (C=O) groups excluding carboxylic acids is 4. The van der Waals surface area contributed by atoms with Gasteiger partial charge in [0, 0.05) is 6.42 Å². The van der Waals surface area contributed by atoms with E-state index in [0.717, 1.165) is 19.0 Å². The Kier molecular flexibility index (Phi) is 10.3. The molecule has 0 fully saturated rings. The van der Waals surface area contributed by atoms with Crippen LogP contribution in [-0.4, -0.2) is 44.9 Å². The summed E-state index contributed by atoms with van der Waals surface area (Å²) in [5.41, 5.74) is 5.43. The molecule has 3 aliphatic rings. The third-order valence-corrected chi connectivity index (χ3v) is 16.9. The molecule has 3 aliphatic carbocycles. The van der Waals surface area contributed by atoms with Crippen molar-refractivity contribution >= 4 is 52.2 Å². The number of primary amides is 1. The first-order chi connectivity index (χ1) is 26.0. The second kappa shape index (κ2) is 15.1. The Morgan fingerprint density at radius 1 is 0.796 bits per heavy atom. The van der Waals surface area contributed by atoms with E-state index in [1.165, 1.54) is 15.9 Å². The predicted octanol–water partition coefficient (Wildman–Crippen LogP) is 6.25. The van der Waals surface area contributed by atoms with Gasteiger partial charge in [0.15, 0.2) is 5.78 Å². The summed E-state index contributed by atoms with van der Waals surface area (Å²) in [6, 6.07) is 35.4. The number of aliphatic hydroxyl groups is 2. The molecule has 0 heterocycles. The smallest absolute Gasteiger partial charge is 0.511 e. The Morgan fingerprint density at radius 3 is 1.93 bits per heavy atom. The number of ketones is 2. The van der Waals surface area contributed by atoms with E-state index < -0.39 is 65.3 Å². The van der Waals surface area contributed by atoms with Gasteiger partial charge in [-0.1, -0.05) is 6.92 Å². The topological polar surface area (TPSA) is 167 Å². The van der Waals surface area contributed by atoms with Gasteiger partial charge in [-0.25, -0.2) is 0 Å². The Morgan fingerprint density at radius 2 is 1.37 bits per heavy atom. The summed E-state index contributed by atoms with van der Waals surface area (Å²) < 4.78 is 0. The number of nitrogens with one attached hydrogen (secondary N) is 1. The van der Waals surface area contributed by atoms with Crippen molar-refractivity contribution in [1.82, 2.24) is 0 Å². The maximum absolute atomic E-state index is 14.0. The average molecular weight is 745 g/mol. The second-order valence-electron chi connectivity index (χ2n) is 14.8. The van der Waals surface area contributed by atoms with Crippen LogP contribution in [0.3, 0.4) is 0 Å². The van der Waals surface area contributed by atoms with Crippen LogP contribution in [0.15, 0.2) is 126 Å². The molecule has 54 heavy (non-hydrogen) atoms. The molecule has 0 saturated carbocycles. The van der Waals surface area contributed by atoms with Crippen LogP contribution in [0.4, 0.5) is 5.69 Å². The fourth-order valence-corrected chi connectivity index (χ4v) is 14.1. The van der Waals surface area contributed by atoms with Crippen molar-refractivity contribution in [2.45, 2.75) is 51.4 Å². The Balaban J connectivity index is 1.05. The number of hydrogen-bond donors (Lipinski definition) is 5. The van der Waals surface area contributed by atoms with Crippen molar-refractivity contribution in [2.24, 2.45) is 23.5 Å². The van der Waals surface area contributed by atoms with Gasteiger partial charge in [-0.3, -0.25) is 9.59 Å². The standard InChI is InChI=1S/C44H45N2O7P/c1-26-31-21-22-33(40(49)37(31)43(52)38-32(26)24-27-25-34(47)39(44(45)53)42(51)36(27)41(38)50)46-35(48)20-12-5-13-23-54(28-14-6-2-7-15-28,29-16-8-3-9-17-29)30-18-10-4-11-19-30/h2-4,6-11,14-19,21-22,26-27,32,36,47,49-50,54H,5,12-13,20,23-25H2,1H3,(H2,45,53)(H,46,48)/t26-,27?,32?,36?/m0/s1. The SMILES string of the molecule is C[C@H]1c2ccc(NC(=O)CCCCC[PH](c3ccccc3)(c3ccccc3)c3ccccc3)c(O)c2C(=O)C2=C(O)C3C(=O)C(C(N)=O)=C(O)CC3CC21. The fraction of sp³-hybridized carbons (Fsp3) is 0.273. The zero-order valence-electron chi connectivity index (χ0n) is 30.1. The number of hydrogen-bond acceptors (Lipinski definition) is 7. The number of benzene rings is 4. The van der Waals surface area contributed by atoms with Crippen LogP contribution in [0.2, 0.25) is 0 Å². The molecule has 4 aromatic carbocycles. The maximum atomic E-state index is 14.0. The summed E-state index contributed by atoms with van der Waals surface area (Å²) >= 11 is 0. The van der Waals surface area contributed by atoms with E-state index in [1.807, 2.05) is 25.1 Å². The number of allylic oxidation sites excluding steroid dienone is 3. The molecule has 9 nitrogen and oxygen atoms in total. The third kappa shape index (κ3) is 6.41. The molecule has 2 amide bonds. The molecule has 278 valence electrons. The summed E-state index contributed by atoms with van der Waals surface area (Å²) in [6.45, 7) is 1.88. The zero-order valence-corrected chi connectivity index (χ0v) is 31.1.